The average Bonchev–Trinajstić information content (AvgIpc) is 3.22. The number of amides is 1. The molecule has 9 nitrogen and oxygen atoms in total. The molecule has 0 radical (unpaired) electrons. The van der Waals surface area contributed by atoms with Crippen molar-refractivity contribution in [1.29, 1.82) is 5.26 Å². The minimum absolute atomic E-state index is 0.0450. The summed E-state index contributed by atoms with van der Waals surface area (Å²) in [4.78, 5) is 29.2. The van der Waals surface area contributed by atoms with E-state index in [-0.39, 0.29) is 24.5 Å². The summed E-state index contributed by atoms with van der Waals surface area (Å²) >= 11 is 12.2. The van der Waals surface area contributed by atoms with Crippen molar-refractivity contribution >= 4 is 35.1 Å². The summed E-state index contributed by atoms with van der Waals surface area (Å²) in [6.07, 6.45) is 0.400. The first-order valence-corrected chi connectivity index (χ1v) is 19.2. The zero-order valence-corrected chi connectivity index (χ0v) is 32.8. The van der Waals surface area contributed by atoms with E-state index < -0.39 is 18.1 Å². The molecule has 0 bridgehead atoms. The number of fused-ring (bicyclic) bond motifs is 2. The van der Waals surface area contributed by atoms with Gasteiger partial charge in [-0.25, -0.2) is 4.79 Å². The molecule has 11 heteroatoms. The van der Waals surface area contributed by atoms with Crippen LogP contribution in [0.3, 0.4) is 0 Å². The fourth-order valence-electron chi connectivity index (χ4n) is 7.11. The van der Waals surface area contributed by atoms with E-state index in [1.807, 2.05) is 78.9 Å². The molecule has 0 fully saturated rings. The van der Waals surface area contributed by atoms with E-state index in [0.717, 1.165) is 38.9 Å². The molecule has 1 unspecified atom stereocenters. The summed E-state index contributed by atoms with van der Waals surface area (Å²) < 4.78 is 23.8. The Bertz CT molecular complexity index is 2250. The van der Waals surface area contributed by atoms with Gasteiger partial charge in [0.1, 0.15) is 25.0 Å². The largest absolute Gasteiger partial charge is 0.489 e. The molecule has 5 aromatic carbocycles. The number of nitrogens with zero attached hydrogens (tertiary/aromatic N) is 2. The molecular formula is C45H41Cl2N3O6. The van der Waals surface area contributed by atoms with Crippen molar-refractivity contribution < 1.29 is 28.5 Å². The Kier molecular flexibility index (Phi) is 11.8. The summed E-state index contributed by atoms with van der Waals surface area (Å²) in [5.74, 6) is 1.25. The van der Waals surface area contributed by atoms with Crippen LogP contribution >= 0.6 is 23.2 Å². The van der Waals surface area contributed by atoms with Crippen LogP contribution in [0.5, 0.6) is 17.2 Å². The second-order valence-electron chi connectivity index (χ2n) is 14.3. The standard InChI is InChI=1S/C45H41Cl2N3O6/c1-27(2)50-24-35-22-42-41(55-26-43(56-42)33-13-15-36(16-14-33)54-25-30-8-17-37(46)38(47)18-30)21-34(35)20-40(50)44(51)49-39(45(52)53-3)19-28-4-9-31(10-5-28)32-11-6-29(23-48)7-12-32/h4-18,21-22,27,39-40,43H,19-20,24-26H2,1-3H3,(H,49,51)/t39?,40-,43+/m0/s1. The van der Waals surface area contributed by atoms with Crippen molar-refractivity contribution in [2.75, 3.05) is 13.7 Å². The number of rotatable bonds is 11. The molecule has 3 atom stereocenters. The average molecular weight is 791 g/mol. The highest BCUT2D eigenvalue weighted by atomic mass is 35.5. The number of carbonyl (C=O) groups excluding carboxylic acids is 2. The van der Waals surface area contributed by atoms with Gasteiger partial charge in [0, 0.05) is 19.0 Å². The van der Waals surface area contributed by atoms with Crippen LogP contribution in [0.4, 0.5) is 0 Å². The molecule has 0 saturated heterocycles. The van der Waals surface area contributed by atoms with Crippen molar-refractivity contribution in [2.24, 2.45) is 0 Å². The van der Waals surface area contributed by atoms with Crippen molar-refractivity contribution in [3.63, 3.8) is 0 Å². The molecular weight excluding hydrogens is 749 g/mol. The van der Waals surface area contributed by atoms with Gasteiger partial charge in [-0.1, -0.05) is 77.8 Å². The zero-order valence-electron chi connectivity index (χ0n) is 31.3. The molecule has 286 valence electrons. The summed E-state index contributed by atoms with van der Waals surface area (Å²) in [6, 6.07) is 33.1. The van der Waals surface area contributed by atoms with E-state index in [0.29, 0.717) is 59.0 Å². The van der Waals surface area contributed by atoms with Crippen molar-refractivity contribution in [3.8, 4) is 34.4 Å². The number of carbonyl (C=O) groups is 2. The van der Waals surface area contributed by atoms with Crippen LogP contribution in [0.1, 0.15) is 53.3 Å². The fourth-order valence-corrected chi connectivity index (χ4v) is 7.43. The van der Waals surface area contributed by atoms with E-state index in [1.54, 1.807) is 24.3 Å². The van der Waals surface area contributed by atoms with E-state index in [2.05, 4.69) is 30.1 Å². The SMILES string of the molecule is COC(=O)C(Cc1ccc(-c2ccc(C#N)cc2)cc1)NC(=O)[C@@H]1Cc2cc3c(cc2CN1C(C)C)O[C@@H](c1ccc(OCc2ccc(Cl)c(Cl)c2)cc1)CO3. The van der Waals surface area contributed by atoms with Crippen LogP contribution < -0.4 is 19.5 Å². The van der Waals surface area contributed by atoms with Crippen LogP contribution in [-0.4, -0.2) is 48.6 Å². The maximum Gasteiger partial charge on any atom is 0.328 e. The highest BCUT2D eigenvalue weighted by Gasteiger charge is 2.37. The molecule has 1 N–H and O–H groups in total. The molecule has 2 aliphatic rings. The number of halogens is 2. The first-order chi connectivity index (χ1) is 27.1. The molecule has 0 saturated carbocycles. The van der Waals surface area contributed by atoms with Crippen LogP contribution in [0, 0.1) is 11.3 Å². The first-order valence-electron chi connectivity index (χ1n) is 18.4. The molecule has 5 aromatic rings. The predicted molar refractivity (Wildman–Crippen MR) is 215 cm³/mol. The lowest BCUT2D eigenvalue weighted by Crippen LogP contribution is -2.56. The summed E-state index contributed by atoms with van der Waals surface area (Å²) in [6.45, 7) is 5.33. The molecule has 2 aliphatic heterocycles. The predicted octanol–water partition coefficient (Wildman–Crippen LogP) is 8.66. The van der Waals surface area contributed by atoms with Crippen LogP contribution in [0.15, 0.2) is 103 Å². The molecule has 1 amide bonds. The van der Waals surface area contributed by atoms with Crippen molar-refractivity contribution in [2.45, 2.75) is 64.1 Å². The lowest BCUT2D eigenvalue weighted by atomic mass is 9.91. The highest BCUT2D eigenvalue weighted by Crippen LogP contribution is 2.41. The number of ether oxygens (including phenoxy) is 4. The Morgan fingerprint density at radius 3 is 2.21 bits per heavy atom. The van der Waals surface area contributed by atoms with Gasteiger partial charge < -0.3 is 24.3 Å². The number of esters is 1. The Balaban J connectivity index is 1.00. The van der Waals surface area contributed by atoms with E-state index in [1.165, 1.54) is 7.11 Å². The van der Waals surface area contributed by atoms with Crippen molar-refractivity contribution in [1.82, 2.24) is 10.2 Å². The van der Waals surface area contributed by atoms with Crippen LogP contribution in [-0.2, 0) is 40.3 Å². The third-order valence-electron chi connectivity index (χ3n) is 10.2. The van der Waals surface area contributed by atoms with E-state index in [4.69, 9.17) is 47.4 Å². The molecule has 0 aromatic heterocycles. The molecule has 0 spiro atoms. The van der Waals surface area contributed by atoms with Gasteiger partial charge in [-0.3, -0.25) is 9.69 Å². The quantitative estimate of drug-likeness (QED) is 0.133. The van der Waals surface area contributed by atoms with Crippen LogP contribution in [0.2, 0.25) is 10.0 Å². The van der Waals surface area contributed by atoms with Gasteiger partial charge in [0.2, 0.25) is 5.91 Å². The van der Waals surface area contributed by atoms with E-state index in [9.17, 15) is 9.59 Å². The minimum atomic E-state index is -0.871. The second-order valence-corrected chi connectivity index (χ2v) is 15.1. The Hall–Kier alpha value is -5.53. The minimum Gasteiger partial charge on any atom is -0.489 e. The number of nitrogens with one attached hydrogen (secondary N) is 1. The first kappa shape index (κ1) is 38.7. The van der Waals surface area contributed by atoms with Gasteiger partial charge in [-0.05, 0) is 108 Å². The summed E-state index contributed by atoms with van der Waals surface area (Å²) in [5, 5.41) is 13.1. The summed E-state index contributed by atoms with van der Waals surface area (Å²) in [5.41, 5.74) is 7.36. The number of methoxy groups -OCH3 is 1. The lowest BCUT2D eigenvalue weighted by molar-refractivity contribution is -0.146. The number of nitriles is 1. The maximum atomic E-state index is 14.0. The smallest absolute Gasteiger partial charge is 0.328 e. The van der Waals surface area contributed by atoms with Gasteiger partial charge in [0.15, 0.2) is 17.6 Å². The third kappa shape index (κ3) is 8.79. The molecule has 2 heterocycles. The molecule has 7 rings (SSSR count). The van der Waals surface area contributed by atoms with Gasteiger partial charge in [0.25, 0.3) is 0 Å². The van der Waals surface area contributed by atoms with Gasteiger partial charge in [0.05, 0.1) is 34.8 Å². The molecule has 0 aliphatic carbocycles. The van der Waals surface area contributed by atoms with Gasteiger partial charge in [-0.2, -0.15) is 5.26 Å². The fraction of sp³-hybridized carbons (Fsp3) is 0.267. The van der Waals surface area contributed by atoms with Crippen LogP contribution in [0.25, 0.3) is 11.1 Å². The Morgan fingerprint density at radius 2 is 1.55 bits per heavy atom. The topological polar surface area (TPSA) is 110 Å². The number of hydrogen-bond donors (Lipinski definition) is 1. The third-order valence-corrected chi connectivity index (χ3v) is 11.0. The van der Waals surface area contributed by atoms with Gasteiger partial charge >= 0.3 is 5.97 Å². The van der Waals surface area contributed by atoms with Crippen molar-refractivity contribution in [3.05, 3.63) is 147 Å². The Morgan fingerprint density at radius 1 is 0.875 bits per heavy atom. The van der Waals surface area contributed by atoms with E-state index >= 15 is 0 Å². The molecule has 56 heavy (non-hydrogen) atoms. The highest BCUT2D eigenvalue weighted by molar-refractivity contribution is 6.42. The monoisotopic (exact) mass is 789 g/mol. The maximum absolute atomic E-state index is 14.0. The number of benzene rings is 5. The lowest BCUT2D eigenvalue weighted by Gasteiger charge is -2.40. The zero-order chi connectivity index (χ0) is 39.3. The van der Waals surface area contributed by atoms with Gasteiger partial charge in [-0.15, -0.1) is 0 Å². The summed E-state index contributed by atoms with van der Waals surface area (Å²) in [7, 11) is 1.33. The Labute approximate surface area is 336 Å². The normalized spacial score (nSPS) is 16.7. The number of hydrogen-bond acceptors (Lipinski definition) is 8. The second kappa shape index (κ2) is 17.1.